The van der Waals surface area contributed by atoms with Crippen LogP contribution in [-0.2, 0) is 22.5 Å². The first kappa shape index (κ1) is 20.9. The van der Waals surface area contributed by atoms with Gasteiger partial charge in [0.15, 0.2) is 0 Å². The van der Waals surface area contributed by atoms with Crippen LogP contribution >= 0.6 is 0 Å². The van der Waals surface area contributed by atoms with E-state index in [2.05, 4.69) is 5.32 Å². The summed E-state index contributed by atoms with van der Waals surface area (Å²) in [5, 5.41) is 12.2. The quantitative estimate of drug-likeness (QED) is 0.318. The average molecular weight is 366 g/mol. The standard InChI is InChI=1S/C17H25N3O4S/c1-2-9-20(25(23)24)10-8-15(12-18)17(22)19-16(13-21)11-14-6-4-3-5-7-14/h3-8,10,12,16,21H,2,9,11,13,18H2,1H3,(H,19,22)(H,23,24)/p-1/b10-8?,15-12+/t16-/m0/s1. The Morgan fingerprint density at radius 2 is 2.12 bits per heavy atom. The zero-order valence-electron chi connectivity index (χ0n) is 14.1. The van der Waals surface area contributed by atoms with Crippen LogP contribution in [0.15, 0.2) is 54.4 Å². The summed E-state index contributed by atoms with van der Waals surface area (Å²) in [5.74, 6) is -0.484. The summed E-state index contributed by atoms with van der Waals surface area (Å²) < 4.78 is 23.2. The summed E-state index contributed by atoms with van der Waals surface area (Å²) in [6, 6.07) is 8.98. The number of nitrogens with one attached hydrogen (secondary N) is 1. The Hall–Kier alpha value is -2.16. The molecule has 0 aliphatic rings. The van der Waals surface area contributed by atoms with Crippen molar-refractivity contribution in [2.24, 2.45) is 5.73 Å². The SMILES string of the molecule is CCCN(C=C/C(=C\N)C(=O)N[C@H](CO)Cc1ccccc1)S(=O)[O-]. The van der Waals surface area contributed by atoms with Crippen LogP contribution in [0.25, 0.3) is 0 Å². The van der Waals surface area contributed by atoms with E-state index in [0.717, 1.165) is 16.1 Å². The first-order valence-electron chi connectivity index (χ1n) is 7.93. The van der Waals surface area contributed by atoms with Gasteiger partial charge in [-0.2, -0.15) is 0 Å². The highest BCUT2D eigenvalue weighted by atomic mass is 32.2. The van der Waals surface area contributed by atoms with E-state index in [-0.39, 0.29) is 12.2 Å². The number of carbonyl (C=O) groups is 1. The average Bonchev–Trinajstić information content (AvgIpc) is 2.61. The molecular formula is C17H24N3O4S-. The molecule has 0 aliphatic heterocycles. The van der Waals surface area contributed by atoms with E-state index in [4.69, 9.17) is 5.73 Å². The zero-order valence-corrected chi connectivity index (χ0v) is 14.9. The zero-order chi connectivity index (χ0) is 18.7. The number of hydrogen-bond acceptors (Lipinski definition) is 5. The van der Waals surface area contributed by atoms with Crippen molar-refractivity contribution in [1.29, 1.82) is 0 Å². The minimum atomic E-state index is -2.42. The maximum absolute atomic E-state index is 12.3. The van der Waals surface area contributed by atoms with Gasteiger partial charge in [0.1, 0.15) is 0 Å². The van der Waals surface area contributed by atoms with Crippen LogP contribution in [0.1, 0.15) is 18.9 Å². The molecule has 0 spiro atoms. The molecule has 2 atom stereocenters. The molecular weight excluding hydrogens is 342 g/mol. The number of carbonyl (C=O) groups excluding carboxylic acids is 1. The Kier molecular flexibility index (Phi) is 9.53. The summed E-state index contributed by atoms with van der Waals surface area (Å²) in [5.41, 5.74) is 6.56. The Morgan fingerprint density at radius 3 is 2.64 bits per heavy atom. The molecule has 0 aliphatic carbocycles. The molecule has 1 unspecified atom stereocenters. The van der Waals surface area contributed by atoms with E-state index in [0.29, 0.717) is 19.4 Å². The summed E-state index contributed by atoms with van der Waals surface area (Å²) in [6.07, 6.45) is 4.82. The van der Waals surface area contributed by atoms with Crippen LogP contribution < -0.4 is 11.1 Å². The fraction of sp³-hybridized carbons (Fsp3) is 0.353. The largest absolute Gasteiger partial charge is 0.755 e. The van der Waals surface area contributed by atoms with Gasteiger partial charge >= 0.3 is 0 Å². The van der Waals surface area contributed by atoms with Gasteiger partial charge in [-0.3, -0.25) is 9.00 Å². The predicted molar refractivity (Wildman–Crippen MR) is 96.5 cm³/mol. The molecule has 1 rings (SSSR count). The molecule has 0 saturated heterocycles. The lowest BCUT2D eigenvalue weighted by atomic mass is 10.1. The van der Waals surface area contributed by atoms with Gasteiger partial charge in [-0.1, -0.05) is 37.3 Å². The normalized spacial score (nSPS) is 14.3. The number of hydrogen-bond donors (Lipinski definition) is 3. The summed E-state index contributed by atoms with van der Waals surface area (Å²) in [4.78, 5) is 12.3. The number of aliphatic hydroxyl groups is 1. The Labute approximate surface area is 150 Å². The van der Waals surface area contributed by atoms with Crippen LogP contribution in [0, 0.1) is 0 Å². The van der Waals surface area contributed by atoms with Crippen LogP contribution in [0.5, 0.6) is 0 Å². The fourth-order valence-electron chi connectivity index (χ4n) is 2.12. The van der Waals surface area contributed by atoms with E-state index < -0.39 is 23.2 Å². The Balaban J connectivity index is 2.72. The highest BCUT2D eigenvalue weighted by molar-refractivity contribution is 7.76. The molecule has 8 heteroatoms. The van der Waals surface area contributed by atoms with Crippen molar-refractivity contribution in [3.05, 3.63) is 59.9 Å². The molecule has 1 aromatic carbocycles. The van der Waals surface area contributed by atoms with Gasteiger partial charge < -0.3 is 25.0 Å². The molecule has 7 nitrogen and oxygen atoms in total. The summed E-state index contributed by atoms with van der Waals surface area (Å²) >= 11 is -2.42. The molecule has 1 aromatic rings. The number of aliphatic hydroxyl groups excluding tert-OH is 1. The van der Waals surface area contributed by atoms with Gasteiger partial charge in [0.25, 0.3) is 5.91 Å². The van der Waals surface area contributed by atoms with E-state index >= 15 is 0 Å². The monoisotopic (exact) mass is 366 g/mol. The molecule has 25 heavy (non-hydrogen) atoms. The molecule has 4 N–H and O–H groups in total. The van der Waals surface area contributed by atoms with E-state index in [1.807, 2.05) is 37.3 Å². The van der Waals surface area contributed by atoms with Gasteiger partial charge in [-0.05, 0) is 24.5 Å². The first-order valence-corrected chi connectivity index (χ1v) is 8.96. The number of nitrogens with two attached hydrogens (primary N) is 1. The third kappa shape index (κ3) is 7.51. The molecule has 0 radical (unpaired) electrons. The second-order valence-corrected chi connectivity index (χ2v) is 6.24. The van der Waals surface area contributed by atoms with Gasteiger partial charge in [-0.25, -0.2) is 0 Å². The van der Waals surface area contributed by atoms with Crippen LogP contribution in [-0.4, -0.2) is 43.3 Å². The number of benzene rings is 1. The highest BCUT2D eigenvalue weighted by Crippen LogP contribution is 2.05. The van der Waals surface area contributed by atoms with Crippen LogP contribution in [0.3, 0.4) is 0 Å². The summed E-state index contributed by atoms with van der Waals surface area (Å²) in [6.45, 7) is 1.92. The van der Waals surface area contributed by atoms with Crippen molar-refractivity contribution in [3.63, 3.8) is 0 Å². The molecule has 0 fully saturated rings. The fourth-order valence-corrected chi connectivity index (χ4v) is 2.61. The number of rotatable bonds is 10. The molecule has 1 amide bonds. The van der Waals surface area contributed by atoms with Gasteiger partial charge in [0, 0.05) is 30.2 Å². The minimum Gasteiger partial charge on any atom is -0.755 e. The number of nitrogens with zero attached hydrogens (tertiary/aromatic N) is 1. The molecule has 138 valence electrons. The molecule has 0 aromatic heterocycles. The first-order chi connectivity index (χ1) is 12.0. The lowest BCUT2D eigenvalue weighted by molar-refractivity contribution is -0.118. The van der Waals surface area contributed by atoms with Crippen LogP contribution in [0.2, 0.25) is 0 Å². The van der Waals surface area contributed by atoms with Crippen LogP contribution in [0.4, 0.5) is 0 Å². The third-order valence-electron chi connectivity index (χ3n) is 3.38. The topological polar surface area (TPSA) is 119 Å². The van der Waals surface area contributed by atoms with E-state index in [1.165, 1.54) is 12.3 Å². The lowest BCUT2D eigenvalue weighted by Gasteiger charge is -2.21. The maximum atomic E-state index is 12.3. The molecule has 0 bridgehead atoms. The van der Waals surface area contributed by atoms with Crippen molar-refractivity contribution in [1.82, 2.24) is 9.62 Å². The van der Waals surface area contributed by atoms with Gasteiger partial charge in [0.2, 0.25) is 0 Å². The molecule has 0 saturated carbocycles. The second-order valence-electron chi connectivity index (χ2n) is 5.34. The predicted octanol–water partition coefficient (Wildman–Crippen LogP) is 0.569. The van der Waals surface area contributed by atoms with E-state index in [9.17, 15) is 18.7 Å². The van der Waals surface area contributed by atoms with Crippen molar-refractivity contribution >= 4 is 17.2 Å². The Morgan fingerprint density at radius 1 is 1.44 bits per heavy atom. The lowest BCUT2D eigenvalue weighted by Crippen LogP contribution is -2.39. The minimum absolute atomic E-state index is 0.109. The van der Waals surface area contributed by atoms with Crippen molar-refractivity contribution < 1.29 is 18.7 Å². The van der Waals surface area contributed by atoms with Gasteiger partial charge in [-0.15, -0.1) is 0 Å². The molecule has 0 heterocycles. The highest BCUT2D eigenvalue weighted by Gasteiger charge is 2.14. The maximum Gasteiger partial charge on any atom is 0.253 e. The van der Waals surface area contributed by atoms with Crippen molar-refractivity contribution in [2.75, 3.05) is 13.2 Å². The summed E-state index contributed by atoms with van der Waals surface area (Å²) in [7, 11) is 0. The van der Waals surface area contributed by atoms with Gasteiger partial charge in [0.05, 0.1) is 18.2 Å². The second kappa shape index (κ2) is 11.4. The number of amides is 1. The third-order valence-corrected chi connectivity index (χ3v) is 4.07. The Bertz CT molecular complexity index is 620. The smallest absolute Gasteiger partial charge is 0.253 e. The van der Waals surface area contributed by atoms with Crippen molar-refractivity contribution in [2.45, 2.75) is 25.8 Å². The van der Waals surface area contributed by atoms with Crippen molar-refractivity contribution in [3.8, 4) is 0 Å². The van der Waals surface area contributed by atoms with E-state index in [1.54, 1.807) is 0 Å².